The molecule has 100 valence electrons. The van der Waals surface area contributed by atoms with Crippen LogP contribution in [0.4, 0.5) is 5.69 Å². The summed E-state index contributed by atoms with van der Waals surface area (Å²) in [7, 11) is -2.08. The first-order valence-corrected chi connectivity index (χ1v) is 6.79. The summed E-state index contributed by atoms with van der Waals surface area (Å²) in [6.45, 7) is -0.0593. The molecule has 1 aromatic rings. The smallest absolute Gasteiger partial charge is 0.255 e. The molecule has 0 spiro atoms. The number of para-hydroxylation sites is 1. The summed E-state index contributed by atoms with van der Waals surface area (Å²) in [5.41, 5.74) is 5.54. The van der Waals surface area contributed by atoms with E-state index in [0.29, 0.717) is 0 Å². The molecule has 18 heavy (non-hydrogen) atoms. The van der Waals surface area contributed by atoms with Crippen molar-refractivity contribution >= 4 is 21.6 Å². The van der Waals surface area contributed by atoms with Crippen LogP contribution >= 0.6 is 0 Å². The molecular formula is C10H15N3O4S. The quantitative estimate of drug-likeness (QED) is 0.415. The predicted molar refractivity (Wildman–Crippen MR) is 67.7 cm³/mol. The van der Waals surface area contributed by atoms with Gasteiger partial charge in [0.05, 0.1) is 17.0 Å². The first kappa shape index (κ1) is 14.3. The van der Waals surface area contributed by atoms with E-state index in [1.165, 1.54) is 25.2 Å². The third-order valence-corrected chi connectivity index (χ3v) is 3.64. The van der Waals surface area contributed by atoms with E-state index in [4.69, 9.17) is 5.73 Å². The molecule has 0 bridgehead atoms. The molecule has 0 saturated carbocycles. The van der Waals surface area contributed by atoms with Crippen LogP contribution in [-0.4, -0.2) is 38.8 Å². The fourth-order valence-corrected chi connectivity index (χ4v) is 1.82. The average Bonchev–Trinajstić information content (AvgIpc) is 2.32. The van der Waals surface area contributed by atoms with Crippen molar-refractivity contribution in [2.45, 2.75) is 0 Å². The first-order valence-electron chi connectivity index (χ1n) is 5.14. The van der Waals surface area contributed by atoms with E-state index in [9.17, 15) is 18.3 Å². The number of nitrogens with one attached hydrogen (secondary N) is 2. The zero-order valence-corrected chi connectivity index (χ0v) is 10.6. The van der Waals surface area contributed by atoms with Crippen molar-refractivity contribution in [1.29, 1.82) is 0 Å². The van der Waals surface area contributed by atoms with Crippen LogP contribution in [0.1, 0.15) is 10.4 Å². The molecule has 1 rings (SSSR count). The van der Waals surface area contributed by atoms with Crippen LogP contribution < -0.4 is 15.8 Å². The number of hydrogen-bond acceptors (Lipinski definition) is 5. The molecule has 8 heteroatoms. The Labute approximate surface area is 105 Å². The third kappa shape index (κ3) is 3.60. The molecule has 0 aliphatic heterocycles. The highest BCUT2D eigenvalue weighted by Gasteiger charge is 2.13. The SMILES string of the molecule is CNS(=O)(=O)CCNC(=O)c1cccc(N)c1O. The van der Waals surface area contributed by atoms with Crippen LogP contribution in [0.2, 0.25) is 0 Å². The molecule has 0 atom stereocenters. The van der Waals surface area contributed by atoms with Gasteiger partial charge in [0.1, 0.15) is 0 Å². The number of carbonyl (C=O) groups is 1. The van der Waals surface area contributed by atoms with Gasteiger partial charge < -0.3 is 16.2 Å². The zero-order chi connectivity index (χ0) is 13.8. The number of amides is 1. The topological polar surface area (TPSA) is 122 Å². The summed E-state index contributed by atoms with van der Waals surface area (Å²) in [6.07, 6.45) is 0. The lowest BCUT2D eigenvalue weighted by Crippen LogP contribution is -2.33. The molecule has 5 N–H and O–H groups in total. The third-order valence-electron chi connectivity index (χ3n) is 2.28. The number of sulfonamides is 1. The summed E-state index contributed by atoms with van der Waals surface area (Å²) in [6, 6.07) is 4.37. The highest BCUT2D eigenvalue weighted by molar-refractivity contribution is 7.89. The van der Waals surface area contributed by atoms with Crippen LogP contribution in [-0.2, 0) is 10.0 Å². The Morgan fingerprint density at radius 2 is 2.11 bits per heavy atom. The molecule has 1 amide bonds. The van der Waals surface area contributed by atoms with Crippen molar-refractivity contribution in [3.8, 4) is 5.75 Å². The fourth-order valence-electron chi connectivity index (χ4n) is 1.24. The van der Waals surface area contributed by atoms with Gasteiger partial charge in [0.15, 0.2) is 5.75 Å². The summed E-state index contributed by atoms with van der Waals surface area (Å²) in [5.74, 6) is -1.13. The molecule has 0 aliphatic carbocycles. The van der Waals surface area contributed by atoms with Gasteiger partial charge in [-0.1, -0.05) is 6.07 Å². The van der Waals surface area contributed by atoms with Crippen molar-refractivity contribution < 1.29 is 18.3 Å². The monoisotopic (exact) mass is 273 g/mol. The molecule has 7 nitrogen and oxygen atoms in total. The molecule has 0 radical (unpaired) electrons. The van der Waals surface area contributed by atoms with Crippen molar-refractivity contribution in [2.24, 2.45) is 0 Å². The lowest BCUT2D eigenvalue weighted by molar-refractivity contribution is 0.0953. The number of aromatic hydroxyl groups is 1. The minimum absolute atomic E-state index is 0.0110. The van der Waals surface area contributed by atoms with Gasteiger partial charge in [-0.25, -0.2) is 13.1 Å². The maximum atomic E-state index is 11.7. The maximum Gasteiger partial charge on any atom is 0.255 e. The number of benzene rings is 1. The Morgan fingerprint density at radius 3 is 2.72 bits per heavy atom. The molecule has 0 fully saturated rings. The number of nitrogens with two attached hydrogens (primary N) is 1. The largest absolute Gasteiger partial charge is 0.505 e. The summed E-state index contributed by atoms with van der Waals surface area (Å²) < 4.78 is 24.3. The highest BCUT2D eigenvalue weighted by atomic mass is 32.2. The highest BCUT2D eigenvalue weighted by Crippen LogP contribution is 2.23. The van der Waals surface area contributed by atoms with E-state index in [1.54, 1.807) is 0 Å². The second-order valence-corrected chi connectivity index (χ2v) is 5.57. The number of anilines is 1. The van der Waals surface area contributed by atoms with Gasteiger partial charge in [0.25, 0.3) is 5.91 Å². The van der Waals surface area contributed by atoms with E-state index < -0.39 is 15.9 Å². The number of phenolic OH excluding ortho intramolecular Hbond substituents is 1. The van der Waals surface area contributed by atoms with Crippen molar-refractivity contribution in [1.82, 2.24) is 10.0 Å². The molecule has 0 aliphatic rings. The molecule has 0 heterocycles. The fraction of sp³-hybridized carbons (Fsp3) is 0.300. The number of rotatable bonds is 5. The van der Waals surface area contributed by atoms with E-state index >= 15 is 0 Å². The zero-order valence-electron chi connectivity index (χ0n) is 9.80. The van der Waals surface area contributed by atoms with E-state index in [-0.39, 0.29) is 29.3 Å². The number of phenols is 1. The van der Waals surface area contributed by atoms with E-state index in [1.807, 2.05) is 0 Å². The summed E-state index contributed by atoms with van der Waals surface area (Å²) >= 11 is 0. The van der Waals surface area contributed by atoms with Crippen LogP contribution in [0, 0.1) is 0 Å². The van der Waals surface area contributed by atoms with Gasteiger partial charge in [-0.2, -0.15) is 0 Å². The van der Waals surface area contributed by atoms with Crippen molar-refractivity contribution in [3.05, 3.63) is 23.8 Å². The van der Waals surface area contributed by atoms with Crippen LogP contribution in [0.5, 0.6) is 5.75 Å². The van der Waals surface area contributed by atoms with Crippen molar-refractivity contribution in [3.63, 3.8) is 0 Å². The lowest BCUT2D eigenvalue weighted by atomic mass is 10.1. The van der Waals surface area contributed by atoms with Crippen LogP contribution in [0.25, 0.3) is 0 Å². The minimum Gasteiger partial charge on any atom is -0.505 e. The molecule has 0 aromatic heterocycles. The van der Waals surface area contributed by atoms with Gasteiger partial charge in [-0.15, -0.1) is 0 Å². The Kier molecular flexibility index (Phi) is 4.51. The van der Waals surface area contributed by atoms with Crippen LogP contribution in [0.3, 0.4) is 0 Å². The minimum atomic E-state index is -3.37. The maximum absolute atomic E-state index is 11.7. The standard InChI is InChI=1S/C10H15N3O4S/c1-12-18(16,17)6-5-13-10(15)7-3-2-4-8(11)9(7)14/h2-4,12,14H,5-6,11H2,1H3,(H,13,15). The number of hydrogen-bond donors (Lipinski definition) is 4. The van der Waals surface area contributed by atoms with Gasteiger partial charge in [0, 0.05) is 6.54 Å². The van der Waals surface area contributed by atoms with Gasteiger partial charge in [-0.3, -0.25) is 4.79 Å². The Morgan fingerprint density at radius 1 is 1.44 bits per heavy atom. The molecule has 0 saturated heterocycles. The van der Waals surface area contributed by atoms with Crippen LogP contribution in [0.15, 0.2) is 18.2 Å². The second-order valence-electron chi connectivity index (χ2n) is 3.52. The average molecular weight is 273 g/mol. The molecule has 1 aromatic carbocycles. The lowest BCUT2D eigenvalue weighted by Gasteiger charge is -2.08. The van der Waals surface area contributed by atoms with Gasteiger partial charge >= 0.3 is 0 Å². The second kappa shape index (κ2) is 5.69. The molecule has 0 unspecified atom stereocenters. The summed E-state index contributed by atoms with van der Waals surface area (Å²) in [4.78, 5) is 11.7. The summed E-state index contributed by atoms with van der Waals surface area (Å²) in [5, 5.41) is 11.9. The Hall–Kier alpha value is -1.80. The first-order chi connectivity index (χ1) is 8.37. The van der Waals surface area contributed by atoms with E-state index in [2.05, 4.69) is 10.0 Å². The van der Waals surface area contributed by atoms with Crippen molar-refractivity contribution in [2.75, 3.05) is 25.1 Å². The number of carbonyl (C=O) groups excluding carboxylic acids is 1. The molecular weight excluding hydrogens is 258 g/mol. The predicted octanol–water partition coefficient (Wildman–Crippen LogP) is -0.747. The van der Waals surface area contributed by atoms with Gasteiger partial charge in [-0.05, 0) is 19.2 Å². The normalized spacial score (nSPS) is 11.2. The Bertz CT molecular complexity index is 542. The van der Waals surface area contributed by atoms with E-state index in [0.717, 1.165) is 0 Å². The number of nitrogen functional groups attached to an aromatic ring is 1. The van der Waals surface area contributed by atoms with Gasteiger partial charge in [0.2, 0.25) is 10.0 Å². The Balaban J connectivity index is 2.64.